The second kappa shape index (κ2) is 10.0. The number of carbonyl (C=O) groups is 1. The van der Waals surface area contributed by atoms with E-state index in [4.69, 9.17) is 4.74 Å². The van der Waals surface area contributed by atoms with Crippen molar-refractivity contribution in [1.82, 2.24) is 0 Å². The molecule has 0 amide bonds. The first-order valence-corrected chi connectivity index (χ1v) is 8.95. The third-order valence-corrected chi connectivity index (χ3v) is 4.24. The maximum Gasteiger partial charge on any atom is 0.150 e. The summed E-state index contributed by atoms with van der Waals surface area (Å²) in [5.41, 5.74) is 0.706. The van der Waals surface area contributed by atoms with Crippen LogP contribution in [0.25, 0.3) is 10.8 Å². The highest BCUT2D eigenvalue weighted by molar-refractivity contribution is 5.89. The Bertz CT molecular complexity index is 604. The summed E-state index contributed by atoms with van der Waals surface area (Å²) in [5, 5.41) is 2.19. The van der Waals surface area contributed by atoms with Crippen LogP contribution in [-0.2, 0) is 0 Å². The molecule has 0 aromatic heterocycles. The van der Waals surface area contributed by atoms with Gasteiger partial charge in [0.25, 0.3) is 0 Å². The lowest BCUT2D eigenvalue weighted by Gasteiger charge is -2.08. The molecule has 0 saturated heterocycles. The van der Waals surface area contributed by atoms with Crippen LogP contribution in [0.1, 0.15) is 68.6 Å². The predicted octanol–water partition coefficient (Wildman–Crippen LogP) is 6.17. The van der Waals surface area contributed by atoms with E-state index in [1.807, 2.05) is 36.4 Å². The zero-order chi connectivity index (χ0) is 16.3. The summed E-state index contributed by atoms with van der Waals surface area (Å²) >= 11 is 0. The zero-order valence-electron chi connectivity index (χ0n) is 14.2. The number of hydrogen-bond acceptors (Lipinski definition) is 2. The zero-order valence-corrected chi connectivity index (χ0v) is 14.2. The number of aldehydes is 1. The predicted molar refractivity (Wildman–Crippen MR) is 97.4 cm³/mol. The molecular weight excluding hydrogens is 284 g/mol. The van der Waals surface area contributed by atoms with E-state index in [0.717, 1.165) is 35.8 Å². The lowest BCUT2D eigenvalue weighted by molar-refractivity contribution is 0.112. The molecule has 2 heteroatoms. The lowest BCUT2D eigenvalue weighted by Crippen LogP contribution is -1.97. The smallest absolute Gasteiger partial charge is 0.150 e. The van der Waals surface area contributed by atoms with Crippen LogP contribution < -0.4 is 4.74 Å². The van der Waals surface area contributed by atoms with Crippen molar-refractivity contribution in [1.29, 1.82) is 0 Å². The molecule has 0 aliphatic heterocycles. The number of ether oxygens (including phenoxy) is 1. The molecule has 0 unspecified atom stereocenters. The minimum atomic E-state index is 0.706. The van der Waals surface area contributed by atoms with E-state index in [1.54, 1.807) is 0 Å². The summed E-state index contributed by atoms with van der Waals surface area (Å²) in [4.78, 5) is 10.9. The third kappa shape index (κ3) is 6.05. The fraction of sp³-hybridized carbons (Fsp3) is 0.476. The first-order valence-electron chi connectivity index (χ1n) is 8.95. The fourth-order valence-corrected chi connectivity index (χ4v) is 2.83. The lowest BCUT2D eigenvalue weighted by atomic mass is 10.1. The summed E-state index contributed by atoms with van der Waals surface area (Å²) in [6.45, 7) is 3.03. The molecule has 0 N–H and O–H groups in total. The van der Waals surface area contributed by atoms with Gasteiger partial charge in [0.2, 0.25) is 0 Å². The van der Waals surface area contributed by atoms with Gasteiger partial charge in [-0.2, -0.15) is 0 Å². The fourth-order valence-electron chi connectivity index (χ4n) is 2.83. The van der Waals surface area contributed by atoms with Gasteiger partial charge >= 0.3 is 0 Å². The van der Waals surface area contributed by atoms with Crippen molar-refractivity contribution < 1.29 is 9.53 Å². The molecule has 0 atom stereocenters. The van der Waals surface area contributed by atoms with Crippen molar-refractivity contribution in [3.63, 3.8) is 0 Å². The second-order valence-electron chi connectivity index (χ2n) is 6.21. The van der Waals surface area contributed by atoms with Crippen molar-refractivity contribution >= 4 is 17.1 Å². The van der Waals surface area contributed by atoms with Gasteiger partial charge in [0, 0.05) is 5.56 Å². The topological polar surface area (TPSA) is 26.3 Å². The van der Waals surface area contributed by atoms with E-state index in [0.29, 0.717) is 5.56 Å². The summed E-state index contributed by atoms with van der Waals surface area (Å²) in [5.74, 6) is 0.892. The molecule has 0 bridgehead atoms. The number of fused-ring (bicyclic) bond motifs is 1. The normalized spacial score (nSPS) is 10.8. The molecule has 124 valence electrons. The molecule has 0 radical (unpaired) electrons. The highest BCUT2D eigenvalue weighted by atomic mass is 16.5. The van der Waals surface area contributed by atoms with Crippen molar-refractivity contribution in [2.24, 2.45) is 0 Å². The molecule has 2 aromatic rings. The van der Waals surface area contributed by atoms with Gasteiger partial charge in [-0.15, -0.1) is 0 Å². The van der Waals surface area contributed by atoms with Gasteiger partial charge in [-0.05, 0) is 35.4 Å². The first kappa shape index (κ1) is 17.5. The van der Waals surface area contributed by atoms with E-state index in [9.17, 15) is 4.79 Å². The van der Waals surface area contributed by atoms with Crippen LogP contribution in [0.2, 0.25) is 0 Å². The Morgan fingerprint density at radius 3 is 2.26 bits per heavy atom. The first-order chi connectivity index (χ1) is 11.3. The van der Waals surface area contributed by atoms with Crippen LogP contribution in [0.5, 0.6) is 5.75 Å². The molecule has 2 rings (SSSR count). The maximum atomic E-state index is 10.9. The van der Waals surface area contributed by atoms with E-state index in [2.05, 4.69) is 6.92 Å². The van der Waals surface area contributed by atoms with E-state index < -0.39 is 0 Å². The molecule has 0 heterocycles. The average molecular weight is 312 g/mol. The molecule has 0 saturated carbocycles. The Morgan fingerprint density at radius 1 is 0.826 bits per heavy atom. The van der Waals surface area contributed by atoms with Crippen LogP contribution in [0, 0.1) is 0 Å². The van der Waals surface area contributed by atoms with Crippen molar-refractivity contribution in [2.45, 2.75) is 58.3 Å². The van der Waals surface area contributed by atoms with Gasteiger partial charge in [-0.3, -0.25) is 4.79 Å². The van der Waals surface area contributed by atoms with Crippen LogP contribution in [-0.4, -0.2) is 12.9 Å². The quantitative estimate of drug-likeness (QED) is 0.366. The van der Waals surface area contributed by atoms with Gasteiger partial charge in [0.1, 0.15) is 12.0 Å². The minimum Gasteiger partial charge on any atom is -0.494 e. The summed E-state index contributed by atoms with van der Waals surface area (Å²) in [6, 6.07) is 11.8. The van der Waals surface area contributed by atoms with Gasteiger partial charge < -0.3 is 4.74 Å². The SMILES string of the molecule is CCCCCCCCCCOc1ccc2ccc(C=O)cc2c1. The van der Waals surface area contributed by atoms with Crippen LogP contribution >= 0.6 is 0 Å². The van der Waals surface area contributed by atoms with Crippen LogP contribution in [0.4, 0.5) is 0 Å². The van der Waals surface area contributed by atoms with E-state index >= 15 is 0 Å². The average Bonchev–Trinajstić information content (AvgIpc) is 2.59. The minimum absolute atomic E-state index is 0.706. The maximum absolute atomic E-state index is 10.9. The third-order valence-electron chi connectivity index (χ3n) is 4.24. The number of hydrogen-bond donors (Lipinski definition) is 0. The standard InChI is InChI=1S/C21H28O2/c1-2-3-4-5-6-7-8-9-14-23-21-13-12-19-11-10-18(17-22)15-20(19)16-21/h10-13,15-17H,2-9,14H2,1H3. The van der Waals surface area contributed by atoms with Crippen LogP contribution in [0.3, 0.4) is 0 Å². The van der Waals surface area contributed by atoms with Gasteiger partial charge in [0.15, 0.2) is 0 Å². The summed E-state index contributed by atoms with van der Waals surface area (Å²) < 4.78 is 5.84. The van der Waals surface area contributed by atoms with Gasteiger partial charge in [0.05, 0.1) is 6.61 Å². The molecule has 0 spiro atoms. The Labute approximate surface area is 139 Å². The molecule has 0 aliphatic carbocycles. The van der Waals surface area contributed by atoms with Gasteiger partial charge in [-0.25, -0.2) is 0 Å². The Hall–Kier alpha value is -1.83. The highest BCUT2D eigenvalue weighted by Gasteiger charge is 2.00. The molecular formula is C21H28O2. The monoisotopic (exact) mass is 312 g/mol. The number of unbranched alkanes of at least 4 members (excludes halogenated alkanes) is 7. The number of rotatable bonds is 11. The largest absolute Gasteiger partial charge is 0.494 e. The summed E-state index contributed by atoms with van der Waals surface area (Å²) in [6.07, 6.45) is 11.3. The summed E-state index contributed by atoms with van der Waals surface area (Å²) in [7, 11) is 0. The van der Waals surface area contributed by atoms with E-state index in [-0.39, 0.29) is 0 Å². The van der Waals surface area contributed by atoms with Gasteiger partial charge in [-0.1, -0.05) is 70.1 Å². The molecule has 23 heavy (non-hydrogen) atoms. The Morgan fingerprint density at radius 2 is 1.52 bits per heavy atom. The highest BCUT2D eigenvalue weighted by Crippen LogP contribution is 2.22. The Kier molecular flexibility index (Phi) is 7.65. The molecule has 2 nitrogen and oxygen atoms in total. The number of carbonyl (C=O) groups excluding carboxylic acids is 1. The second-order valence-corrected chi connectivity index (χ2v) is 6.21. The molecule has 0 fully saturated rings. The van der Waals surface area contributed by atoms with Crippen LogP contribution in [0.15, 0.2) is 36.4 Å². The Balaban J connectivity index is 1.69. The molecule has 0 aliphatic rings. The molecule has 2 aromatic carbocycles. The number of benzene rings is 2. The van der Waals surface area contributed by atoms with E-state index in [1.165, 1.54) is 44.9 Å². The van der Waals surface area contributed by atoms with Crippen molar-refractivity contribution in [3.05, 3.63) is 42.0 Å². The van der Waals surface area contributed by atoms with Crippen molar-refractivity contribution in [3.8, 4) is 5.75 Å². The van der Waals surface area contributed by atoms with Crippen molar-refractivity contribution in [2.75, 3.05) is 6.61 Å².